The third kappa shape index (κ3) is 6.02. The van der Waals surface area contributed by atoms with Crippen LogP contribution in [0, 0.1) is 27.7 Å². The van der Waals surface area contributed by atoms with Crippen LogP contribution >= 0.6 is 0 Å². The van der Waals surface area contributed by atoms with Crippen LogP contribution in [-0.2, 0) is 9.59 Å². The second-order valence-electron chi connectivity index (χ2n) is 6.60. The maximum Gasteiger partial charge on any atom is 0.279 e. The van der Waals surface area contributed by atoms with Crippen molar-refractivity contribution in [3.8, 4) is 11.5 Å². The third-order valence-corrected chi connectivity index (χ3v) is 4.17. The first-order valence-corrected chi connectivity index (χ1v) is 8.79. The SMILES string of the molecule is Cc1ccc(OCC(=O)NNC(=O)C(C)Oc2ccc(C)c(C)c2)c(C)c1. The molecule has 0 spiro atoms. The van der Waals surface area contributed by atoms with Crippen molar-refractivity contribution in [1.29, 1.82) is 0 Å². The van der Waals surface area contributed by atoms with Gasteiger partial charge in [-0.3, -0.25) is 20.4 Å². The van der Waals surface area contributed by atoms with E-state index in [0.29, 0.717) is 11.5 Å². The van der Waals surface area contributed by atoms with Crippen LogP contribution in [-0.4, -0.2) is 24.5 Å². The summed E-state index contributed by atoms with van der Waals surface area (Å²) < 4.78 is 11.1. The van der Waals surface area contributed by atoms with E-state index in [2.05, 4.69) is 10.9 Å². The Labute approximate surface area is 159 Å². The Morgan fingerprint density at radius 1 is 0.926 bits per heavy atom. The summed E-state index contributed by atoms with van der Waals surface area (Å²) >= 11 is 0. The van der Waals surface area contributed by atoms with Gasteiger partial charge < -0.3 is 9.47 Å². The van der Waals surface area contributed by atoms with E-state index in [0.717, 1.165) is 22.3 Å². The number of carbonyl (C=O) groups is 2. The molecule has 0 heterocycles. The van der Waals surface area contributed by atoms with Crippen molar-refractivity contribution in [2.45, 2.75) is 40.7 Å². The first-order chi connectivity index (χ1) is 12.8. The molecule has 6 nitrogen and oxygen atoms in total. The predicted molar refractivity (Wildman–Crippen MR) is 104 cm³/mol. The number of amides is 2. The lowest BCUT2D eigenvalue weighted by Gasteiger charge is -2.16. The molecule has 0 aliphatic heterocycles. The van der Waals surface area contributed by atoms with Crippen LogP contribution < -0.4 is 20.3 Å². The molecule has 1 atom stereocenters. The Morgan fingerprint density at radius 2 is 1.67 bits per heavy atom. The molecule has 0 radical (unpaired) electrons. The summed E-state index contributed by atoms with van der Waals surface area (Å²) in [6, 6.07) is 11.3. The van der Waals surface area contributed by atoms with Crippen molar-refractivity contribution in [2.24, 2.45) is 0 Å². The molecule has 2 aromatic carbocycles. The van der Waals surface area contributed by atoms with Crippen LogP contribution in [0.15, 0.2) is 36.4 Å². The zero-order valence-electron chi connectivity index (χ0n) is 16.4. The number of hydrazine groups is 1. The van der Waals surface area contributed by atoms with E-state index >= 15 is 0 Å². The highest BCUT2D eigenvalue weighted by molar-refractivity contribution is 5.85. The molecule has 0 aromatic heterocycles. The van der Waals surface area contributed by atoms with E-state index in [9.17, 15) is 9.59 Å². The quantitative estimate of drug-likeness (QED) is 0.767. The maximum absolute atomic E-state index is 12.1. The standard InChI is InChI=1S/C21H26N2O4/c1-13-6-9-19(16(4)10-13)26-12-20(24)22-23-21(25)17(5)27-18-8-7-14(2)15(3)11-18/h6-11,17H,12H2,1-5H3,(H,22,24)(H,23,25). The summed E-state index contributed by atoms with van der Waals surface area (Å²) in [5.41, 5.74) is 8.97. The van der Waals surface area contributed by atoms with E-state index in [4.69, 9.17) is 9.47 Å². The van der Waals surface area contributed by atoms with Crippen LogP contribution in [0.1, 0.15) is 29.2 Å². The first-order valence-electron chi connectivity index (χ1n) is 8.79. The Balaban J connectivity index is 1.78. The van der Waals surface area contributed by atoms with Crippen LogP contribution in [0.4, 0.5) is 0 Å². The van der Waals surface area contributed by atoms with E-state index in [-0.39, 0.29) is 6.61 Å². The summed E-state index contributed by atoms with van der Waals surface area (Å²) in [4.78, 5) is 23.9. The summed E-state index contributed by atoms with van der Waals surface area (Å²) in [5.74, 6) is 0.327. The van der Waals surface area contributed by atoms with Gasteiger partial charge in [0.25, 0.3) is 11.8 Å². The zero-order chi connectivity index (χ0) is 20.0. The van der Waals surface area contributed by atoms with Gasteiger partial charge in [-0.2, -0.15) is 0 Å². The molecule has 0 aliphatic carbocycles. The number of hydrogen-bond acceptors (Lipinski definition) is 4. The molecule has 0 aliphatic rings. The van der Waals surface area contributed by atoms with Crippen molar-refractivity contribution < 1.29 is 19.1 Å². The monoisotopic (exact) mass is 370 g/mol. The second-order valence-corrected chi connectivity index (χ2v) is 6.60. The molecular weight excluding hydrogens is 344 g/mol. The van der Waals surface area contributed by atoms with Gasteiger partial charge in [0.1, 0.15) is 11.5 Å². The summed E-state index contributed by atoms with van der Waals surface area (Å²) in [6.07, 6.45) is -0.757. The van der Waals surface area contributed by atoms with Crippen molar-refractivity contribution in [1.82, 2.24) is 10.9 Å². The smallest absolute Gasteiger partial charge is 0.279 e. The van der Waals surface area contributed by atoms with Gasteiger partial charge in [0.2, 0.25) is 0 Å². The molecule has 0 saturated carbocycles. The molecule has 6 heteroatoms. The lowest BCUT2D eigenvalue weighted by molar-refractivity contribution is -0.133. The van der Waals surface area contributed by atoms with Gasteiger partial charge in [-0.1, -0.05) is 23.8 Å². The van der Waals surface area contributed by atoms with Gasteiger partial charge in [0, 0.05) is 0 Å². The molecule has 0 bridgehead atoms. The van der Waals surface area contributed by atoms with Crippen molar-refractivity contribution >= 4 is 11.8 Å². The van der Waals surface area contributed by atoms with Gasteiger partial charge in [0.15, 0.2) is 12.7 Å². The minimum absolute atomic E-state index is 0.198. The van der Waals surface area contributed by atoms with E-state index in [1.165, 1.54) is 0 Å². The number of carbonyl (C=O) groups excluding carboxylic acids is 2. The lowest BCUT2D eigenvalue weighted by Crippen LogP contribution is -2.48. The topological polar surface area (TPSA) is 76.7 Å². The van der Waals surface area contributed by atoms with Crippen LogP contribution in [0.2, 0.25) is 0 Å². The van der Waals surface area contributed by atoms with E-state index in [1.54, 1.807) is 6.92 Å². The highest BCUT2D eigenvalue weighted by Crippen LogP contribution is 2.19. The van der Waals surface area contributed by atoms with Gasteiger partial charge in [-0.05, 0) is 69.5 Å². The second kappa shape index (κ2) is 9.07. The van der Waals surface area contributed by atoms with Crippen molar-refractivity contribution in [2.75, 3.05) is 6.61 Å². The fourth-order valence-electron chi connectivity index (χ4n) is 2.42. The molecule has 27 heavy (non-hydrogen) atoms. The molecule has 2 aromatic rings. The van der Waals surface area contributed by atoms with Crippen molar-refractivity contribution in [3.05, 3.63) is 58.7 Å². The average molecular weight is 370 g/mol. The number of benzene rings is 2. The van der Waals surface area contributed by atoms with Crippen LogP contribution in [0.25, 0.3) is 0 Å². The largest absolute Gasteiger partial charge is 0.483 e. The average Bonchev–Trinajstić information content (AvgIpc) is 2.62. The minimum atomic E-state index is -0.757. The molecule has 1 unspecified atom stereocenters. The molecule has 0 saturated heterocycles. The van der Waals surface area contributed by atoms with Crippen molar-refractivity contribution in [3.63, 3.8) is 0 Å². The molecule has 0 fully saturated rings. The summed E-state index contributed by atoms with van der Waals surface area (Å²) in [5, 5.41) is 0. The summed E-state index contributed by atoms with van der Waals surface area (Å²) in [7, 11) is 0. The molecule has 2 rings (SSSR count). The maximum atomic E-state index is 12.1. The fraction of sp³-hybridized carbons (Fsp3) is 0.333. The fourth-order valence-corrected chi connectivity index (χ4v) is 2.42. The van der Waals surface area contributed by atoms with Gasteiger partial charge in [0.05, 0.1) is 0 Å². The highest BCUT2D eigenvalue weighted by Gasteiger charge is 2.16. The predicted octanol–water partition coefficient (Wildman–Crippen LogP) is 2.91. The molecule has 2 amide bonds. The van der Waals surface area contributed by atoms with Gasteiger partial charge >= 0.3 is 0 Å². The molecule has 2 N–H and O–H groups in total. The number of hydrogen-bond donors (Lipinski definition) is 2. The van der Waals surface area contributed by atoms with Crippen LogP contribution in [0.5, 0.6) is 11.5 Å². The first kappa shape index (κ1) is 20.3. The Bertz CT molecular complexity index is 833. The normalized spacial score (nSPS) is 11.4. The highest BCUT2D eigenvalue weighted by atomic mass is 16.5. The molecule has 144 valence electrons. The summed E-state index contributed by atoms with van der Waals surface area (Å²) in [6.45, 7) is 9.29. The molecular formula is C21H26N2O4. The van der Waals surface area contributed by atoms with Gasteiger partial charge in [-0.25, -0.2) is 0 Å². The third-order valence-electron chi connectivity index (χ3n) is 4.17. The van der Waals surface area contributed by atoms with E-state index < -0.39 is 17.9 Å². The van der Waals surface area contributed by atoms with Crippen LogP contribution in [0.3, 0.4) is 0 Å². The number of ether oxygens (including phenoxy) is 2. The zero-order valence-corrected chi connectivity index (χ0v) is 16.4. The van der Waals surface area contributed by atoms with Gasteiger partial charge in [-0.15, -0.1) is 0 Å². The Morgan fingerprint density at radius 3 is 2.33 bits per heavy atom. The number of rotatable bonds is 6. The Hall–Kier alpha value is -3.02. The number of aryl methyl sites for hydroxylation is 4. The number of nitrogens with one attached hydrogen (secondary N) is 2. The lowest BCUT2D eigenvalue weighted by atomic mass is 10.1. The minimum Gasteiger partial charge on any atom is -0.483 e. The Kier molecular flexibility index (Phi) is 6.82. The van der Waals surface area contributed by atoms with E-state index in [1.807, 2.05) is 64.1 Å².